The van der Waals surface area contributed by atoms with Crippen LogP contribution in [-0.2, 0) is 13.0 Å². The number of rotatable bonds is 9. The van der Waals surface area contributed by atoms with Crippen LogP contribution in [0.2, 0.25) is 0 Å². The summed E-state index contributed by atoms with van der Waals surface area (Å²) in [4.78, 5) is 28.5. The Bertz CT molecular complexity index is 1010. The SMILES string of the molecule is CCCCC(=O)c1nc(Cc2ccc(-c3ccccc3)c(C(=O)O)c2)n(CC)n1. The van der Waals surface area contributed by atoms with Gasteiger partial charge < -0.3 is 5.11 Å². The number of aromatic carboxylic acids is 1. The van der Waals surface area contributed by atoms with Crippen LogP contribution in [0.5, 0.6) is 0 Å². The zero-order valence-corrected chi connectivity index (χ0v) is 16.8. The molecule has 0 unspecified atom stereocenters. The number of ketones is 1. The highest BCUT2D eigenvalue weighted by Gasteiger charge is 2.17. The third kappa shape index (κ3) is 4.77. The molecule has 0 saturated carbocycles. The van der Waals surface area contributed by atoms with Gasteiger partial charge in [-0.2, -0.15) is 0 Å². The molecular formula is C23H25N3O3. The van der Waals surface area contributed by atoms with Gasteiger partial charge in [0.15, 0.2) is 0 Å². The monoisotopic (exact) mass is 391 g/mol. The standard InChI is InChI=1S/C23H25N3O3/c1-3-5-11-20(27)22-24-21(26(4-2)25-22)15-16-12-13-18(19(14-16)23(28)29)17-9-7-6-8-10-17/h6-10,12-14H,3-5,11,15H2,1-2H3,(H,28,29). The van der Waals surface area contributed by atoms with E-state index >= 15 is 0 Å². The third-order valence-electron chi connectivity index (χ3n) is 4.82. The van der Waals surface area contributed by atoms with Gasteiger partial charge in [0.05, 0.1) is 5.56 Å². The van der Waals surface area contributed by atoms with Gasteiger partial charge in [-0.3, -0.25) is 4.79 Å². The number of Topliss-reactive ketones (excluding diaryl/α,β-unsaturated/α-hetero) is 1. The third-order valence-corrected chi connectivity index (χ3v) is 4.82. The fourth-order valence-corrected chi connectivity index (χ4v) is 3.26. The van der Waals surface area contributed by atoms with E-state index in [1.807, 2.05) is 56.3 Å². The van der Waals surface area contributed by atoms with Crippen LogP contribution in [0.25, 0.3) is 11.1 Å². The Morgan fingerprint density at radius 3 is 2.48 bits per heavy atom. The molecule has 0 aliphatic carbocycles. The number of carbonyl (C=O) groups is 2. The first-order chi connectivity index (χ1) is 14.0. The van der Waals surface area contributed by atoms with Crippen molar-refractivity contribution in [3.63, 3.8) is 0 Å². The van der Waals surface area contributed by atoms with E-state index in [0.717, 1.165) is 24.0 Å². The van der Waals surface area contributed by atoms with Crippen LogP contribution in [0.4, 0.5) is 0 Å². The van der Waals surface area contributed by atoms with Gasteiger partial charge in [-0.05, 0) is 36.1 Å². The Labute approximate surface area is 170 Å². The molecule has 0 aliphatic heterocycles. The van der Waals surface area contributed by atoms with Gasteiger partial charge in [0.25, 0.3) is 0 Å². The maximum absolute atomic E-state index is 12.3. The van der Waals surface area contributed by atoms with E-state index in [-0.39, 0.29) is 17.2 Å². The Morgan fingerprint density at radius 2 is 1.83 bits per heavy atom. The summed E-state index contributed by atoms with van der Waals surface area (Å²) in [5.74, 6) is -0.116. The lowest BCUT2D eigenvalue weighted by molar-refractivity contribution is 0.0697. The molecule has 3 rings (SSSR count). The number of aryl methyl sites for hydroxylation is 1. The van der Waals surface area contributed by atoms with Gasteiger partial charge in [-0.25, -0.2) is 14.5 Å². The number of benzene rings is 2. The molecule has 29 heavy (non-hydrogen) atoms. The lowest BCUT2D eigenvalue weighted by atomic mass is 9.96. The fourth-order valence-electron chi connectivity index (χ4n) is 3.26. The molecule has 0 aliphatic rings. The summed E-state index contributed by atoms with van der Waals surface area (Å²) < 4.78 is 1.71. The number of aromatic nitrogens is 3. The van der Waals surface area contributed by atoms with Gasteiger partial charge in [-0.1, -0.05) is 55.8 Å². The topological polar surface area (TPSA) is 85.1 Å². The Kier molecular flexibility index (Phi) is 6.54. The molecule has 150 valence electrons. The molecule has 0 saturated heterocycles. The second-order valence-corrected chi connectivity index (χ2v) is 6.92. The smallest absolute Gasteiger partial charge is 0.336 e. The summed E-state index contributed by atoms with van der Waals surface area (Å²) in [7, 11) is 0. The Hall–Kier alpha value is -3.28. The highest BCUT2D eigenvalue weighted by molar-refractivity contribution is 5.96. The Morgan fingerprint density at radius 1 is 1.07 bits per heavy atom. The van der Waals surface area contributed by atoms with Gasteiger partial charge in [0, 0.05) is 19.4 Å². The van der Waals surface area contributed by atoms with Crippen molar-refractivity contribution in [3.05, 3.63) is 71.3 Å². The van der Waals surface area contributed by atoms with Crippen molar-refractivity contribution in [2.45, 2.75) is 46.1 Å². The minimum atomic E-state index is -0.974. The molecule has 2 aromatic carbocycles. The minimum Gasteiger partial charge on any atom is -0.478 e. The predicted octanol–water partition coefficient (Wildman–Crippen LogP) is 4.63. The van der Waals surface area contributed by atoms with Crippen molar-refractivity contribution in [1.29, 1.82) is 0 Å². The van der Waals surface area contributed by atoms with Gasteiger partial charge in [0.2, 0.25) is 11.6 Å². The van der Waals surface area contributed by atoms with Crippen LogP contribution in [0.15, 0.2) is 48.5 Å². The van der Waals surface area contributed by atoms with Crippen molar-refractivity contribution in [2.75, 3.05) is 0 Å². The fraction of sp³-hybridized carbons (Fsp3) is 0.304. The maximum Gasteiger partial charge on any atom is 0.336 e. The number of carbonyl (C=O) groups excluding carboxylic acids is 1. The largest absolute Gasteiger partial charge is 0.478 e. The van der Waals surface area contributed by atoms with Crippen molar-refractivity contribution in [2.24, 2.45) is 0 Å². The molecular weight excluding hydrogens is 366 g/mol. The molecule has 0 spiro atoms. The first-order valence-electron chi connectivity index (χ1n) is 9.92. The van der Waals surface area contributed by atoms with E-state index in [1.165, 1.54) is 0 Å². The molecule has 6 nitrogen and oxygen atoms in total. The van der Waals surface area contributed by atoms with Crippen LogP contribution in [0, 0.1) is 0 Å². The average molecular weight is 391 g/mol. The molecule has 1 N–H and O–H groups in total. The minimum absolute atomic E-state index is 0.0500. The van der Waals surface area contributed by atoms with Crippen molar-refractivity contribution in [3.8, 4) is 11.1 Å². The van der Waals surface area contributed by atoms with Crippen molar-refractivity contribution >= 4 is 11.8 Å². The molecule has 3 aromatic rings. The first-order valence-corrected chi connectivity index (χ1v) is 9.92. The molecule has 0 radical (unpaired) electrons. The van der Waals surface area contributed by atoms with E-state index < -0.39 is 5.97 Å². The normalized spacial score (nSPS) is 10.8. The van der Waals surface area contributed by atoms with Gasteiger partial charge in [-0.15, -0.1) is 5.10 Å². The molecule has 6 heteroatoms. The summed E-state index contributed by atoms with van der Waals surface area (Å²) in [6.45, 7) is 4.58. The van der Waals surface area contributed by atoms with Crippen LogP contribution in [0.3, 0.4) is 0 Å². The summed E-state index contributed by atoms with van der Waals surface area (Å²) >= 11 is 0. The average Bonchev–Trinajstić information content (AvgIpc) is 3.15. The van der Waals surface area contributed by atoms with Crippen LogP contribution in [-0.4, -0.2) is 31.6 Å². The van der Waals surface area contributed by atoms with Crippen LogP contribution < -0.4 is 0 Å². The van der Waals surface area contributed by atoms with Crippen LogP contribution >= 0.6 is 0 Å². The lowest BCUT2D eigenvalue weighted by Crippen LogP contribution is -2.06. The van der Waals surface area contributed by atoms with Crippen LogP contribution in [0.1, 0.15) is 65.5 Å². The molecule has 0 bridgehead atoms. The molecule has 1 heterocycles. The van der Waals surface area contributed by atoms with Gasteiger partial charge in [0.1, 0.15) is 5.82 Å². The van der Waals surface area contributed by atoms with Crippen molar-refractivity contribution < 1.29 is 14.7 Å². The summed E-state index contributed by atoms with van der Waals surface area (Å²) in [5.41, 5.74) is 2.60. The summed E-state index contributed by atoms with van der Waals surface area (Å²) in [6, 6.07) is 14.9. The zero-order valence-electron chi connectivity index (χ0n) is 16.8. The number of unbranched alkanes of at least 4 members (excludes halogenated alkanes) is 1. The lowest BCUT2D eigenvalue weighted by Gasteiger charge is -2.09. The van der Waals surface area contributed by atoms with Crippen molar-refractivity contribution in [1.82, 2.24) is 14.8 Å². The molecule has 0 amide bonds. The number of hydrogen-bond acceptors (Lipinski definition) is 4. The highest BCUT2D eigenvalue weighted by Crippen LogP contribution is 2.25. The second-order valence-electron chi connectivity index (χ2n) is 6.92. The number of carboxylic acids is 1. The maximum atomic E-state index is 12.3. The van der Waals surface area contributed by atoms with E-state index in [4.69, 9.17) is 0 Å². The number of carboxylic acid groups (broad SMARTS) is 1. The summed E-state index contributed by atoms with van der Waals surface area (Å²) in [6.07, 6.45) is 2.62. The number of hydrogen-bond donors (Lipinski definition) is 1. The molecule has 0 atom stereocenters. The molecule has 0 fully saturated rings. The first kappa shape index (κ1) is 20.5. The van der Waals surface area contributed by atoms with E-state index in [9.17, 15) is 14.7 Å². The van der Waals surface area contributed by atoms with E-state index in [0.29, 0.717) is 30.8 Å². The molecule has 1 aromatic heterocycles. The van der Waals surface area contributed by atoms with E-state index in [2.05, 4.69) is 10.1 Å². The van der Waals surface area contributed by atoms with E-state index in [1.54, 1.807) is 10.7 Å². The quantitative estimate of drug-likeness (QED) is 0.538. The Balaban J connectivity index is 1.90. The number of nitrogens with zero attached hydrogens (tertiary/aromatic N) is 3. The zero-order chi connectivity index (χ0) is 20.8. The summed E-state index contributed by atoms with van der Waals surface area (Å²) in [5, 5.41) is 14.0. The highest BCUT2D eigenvalue weighted by atomic mass is 16.4. The predicted molar refractivity (Wildman–Crippen MR) is 111 cm³/mol. The van der Waals surface area contributed by atoms with Gasteiger partial charge >= 0.3 is 5.97 Å². The second kappa shape index (κ2) is 9.28.